The zero-order valence-electron chi connectivity index (χ0n) is 16.0. The van der Waals surface area contributed by atoms with Gasteiger partial charge in [-0.3, -0.25) is 0 Å². The normalized spacial score (nSPS) is 12.0. The van der Waals surface area contributed by atoms with Gasteiger partial charge in [-0.05, 0) is 55.4 Å². The Kier molecular flexibility index (Phi) is 7.47. The summed E-state index contributed by atoms with van der Waals surface area (Å²) in [6.07, 6.45) is 1.79. The van der Waals surface area contributed by atoms with Crippen LogP contribution in [0.5, 0.6) is 0 Å². The molecule has 0 saturated heterocycles. The van der Waals surface area contributed by atoms with E-state index in [9.17, 15) is 4.79 Å². The Hall–Kier alpha value is -2.35. The maximum absolute atomic E-state index is 12.3. The lowest BCUT2D eigenvalue weighted by molar-refractivity contribution is 0.244. The Labute approximate surface area is 174 Å². The standard InChI is InChI=1S/C21H24N4OS2/c1-25(2)18(19-9-6-12-27-19)14-23-21(26)24-17-8-5-7-16(13-17)15-28-20-10-3-4-11-22-20/h3-13,18H,14-15H2,1-2H3,(H2,23,24,26). The average Bonchev–Trinajstić information content (AvgIpc) is 3.22. The van der Waals surface area contributed by atoms with Crippen molar-refractivity contribution in [1.29, 1.82) is 0 Å². The molecular weight excluding hydrogens is 388 g/mol. The number of pyridine rings is 1. The third-order valence-electron chi connectivity index (χ3n) is 4.16. The summed E-state index contributed by atoms with van der Waals surface area (Å²) in [5, 5.41) is 8.95. The number of likely N-dealkylation sites (N-methyl/N-ethyl adjacent to an activating group) is 1. The molecule has 0 spiro atoms. The van der Waals surface area contributed by atoms with E-state index >= 15 is 0 Å². The lowest BCUT2D eigenvalue weighted by Crippen LogP contribution is -2.36. The third kappa shape index (κ3) is 6.09. The number of rotatable bonds is 8. The van der Waals surface area contributed by atoms with Crippen molar-refractivity contribution in [3.8, 4) is 0 Å². The van der Waals surface area contributed by atoms with Gasteiger partial charge in [0.15, 0.2) is 0 Å². The molecule has 2 aromatic heterocycles. The minimum atomic E-state index is -0.196. The number of thioether (sulfide) groups is 1. The van der Waals surface area contributed by atoms with Gasteiger partial charge in [0.05, 0.1) is 11.1 Å². The lowest BCUT2D eigenvalue weighted by atomic mass is 10.2. The molecule has 1 atom stereocenters. The number of carbonyl (C=O) groups is 1. The van der Waals surface area contributed by atoms with Crippen LogP contribution in [0.2, 0.25) is 0 Å². The van der Waals surface area contributed by atoms with Gasteiger partial charge >= 0.3 is 6.03 Å². The first-order valence-corrected chi connectivity index (χ1v) is 10.9. The number of thiophene rings is 1. The second-order valence-corrected chi connectivity index (χ2v) is 8.46. The molecule has 2 heterocycles. The van der Waals surface area contributed by atoms with Crippen LogP contribution < -0.4 is 10.6 Å². The smallest absolute Gasteiger partial charge is 0.319 e. The molecule has 0 aliphatic rings. The van der Waals surface area contributed by atoms with Crippen LogP contribution in [0.4, 0.5) is 10.5 Å². The van der Waals surface area contributed by atoms with Crippen LogP contribution >= 0.6 is 23.1 Å². The Morgan fingerprint density at radius 3 is 2.79 bits per heavy atom. The number of benzene rings is 1. The van der Waals surface area contributed by atoms with Gasteiger partial charge in [-0.1, -0.05) is 24.3 Å². The monoisotopic (exact) mass is 412 g/mol. The first-order valence-electron chi connectivity index (χ1n) is 8.99. The van der Waals surface area contributed by atoms with Gasteiger partial charge in [0.2, 0.25) is 0 Å². The number of carbonyl (C=O) groups excluding carboxylic acids is 1. The highest BCUT2D eigenvalue weighted by molar-refractivity contribution is 7.98. The van der Waals surface area contributed by atoms with Crippen molar-refractivity contribution >= 4 is 34.8 Å². The molecule has 0 bridgehead atoms. The number of aromatic nitrogens is 1. The molecule has 0 fully saturated rings. The van der Waals surface area contributed by atoms with Gasteiger partial charge in [-0.25, -0.2) is 9.78 Å². The summed E-state index contributed by atoms with van der Waals surface area (Å²) in [6.45, 7) is 0.550. The van der Waals surface area contributed by atoms with Gasteiger partial charge in [-0.2, -0.15) is 0 Å². The van der Waals surface area contributed by atoms with Crippen LogP contribution in [0.1, 0.15) is 16.5 Å². The fourth-order valence-corrected chi connectivity index (χ4v) is 4.44. The quantitative estimate of drug-likeness (QED) is 0.519. The third-order valence-corrected chi connectivity index (χ3v) is 6.15. The molecule has 7 heteroatoms. The summed E-state index contributed by atoms with van der Waals surface area (Å²) in [5.41, 5.74) is 1.92. The summed E-state index contributed by atoms with van der Waals surface area (Å²) in [6, 6.07) is 17.9. The molecule has 0 aliphatic carbocycles. The summed E-state index contributed by atoms with van der Waals surface area (Å²) < 4.78 is 0. The zero-order chi connectivity index (χ0) is 19.8. The van der Waals surface area contributed by atoms with E-state index in [1.165, 1.54) is 4.88 Å². The summed E-state index contributed by atoms with van der Waals surface area (Å²) in [5.74, 6) is 0.801. The van der Waals surface area contributed by atoms with Gasteiger partial charge in [0.25, 0.3) is 0 Å². The van der Waals surface area contributed by atoms with Crippen LogP contribution in [0, 0.1) is 0 Å². The minimum absolute atomic E-state index is 0.159. The molecule has 3 aromatic rings. The molecular formula is C21H24N4OS2. The molecule has 146 valence electrons. The molecule has 5 nitrogen and oxygen atoms in total. The second-order valence-electron chi connectivity index (χ2n) is 6.49. The molecule has 2 amide bonds. The second kappa shape index (κ2) is 10.3. The zero-order valence-corrected chi connectivity index (χ0v) is 17.6. The topological polar surface area (TPSA) is 57.3 Å². The Bertz CT molecular complexity index is 869. The largest absolute Gasteiger partial charge is 0.336 e. The van der Waals surface area contributed by atoms with Gasteiger partial charge < -0.3 is 15.5 Å². The van der Waals surface area contributed by atoms with Crippen molar-refractivity contribution in [3.63, 3.8) is 0 Å². The maximum Gasteiger partial charge on any atom is 0.319 e. The van der Waals surface area contributed by atoms with Crippen molar-refractivity contribution in [2.24, 2.45) is 0 Å². The Morgan fingerprint density at radius 1 is 1.18 bits per heavy atom. The van der Waals surface area contributed by atoms with E-state index in [0.29, 0.717) is 6.54 Å². The van der Waals surface area contributed by atoms with E-state index < -0.39 is 0 Å². The van der Waals surface area contributed by atoms with E-state index in [2.05, 4.69) is 38.0 Å². The number of amides is 2. The summed E-state index contributed by atoms with van der Waals surface area (Å²) in [4.78, 5) is 20.0. The van der Waals surface area contributed by atoms with Crippen LogP contribution in [-0.2, 0) is 5.75 Å². The lowest BCUT2D eigenvalue weighted by Gasteiger charge is -2.23. The molecule has 0 radical (unpaired) electrons. The molecule has 0 aliphatic heterocycles. The van der Waals surface area contributed by atoms with E-state index in [1.54, 1.807) is 29.3 Å². The van der Waals surface area contributed by atoms with Crippen molar-refractivity contribution in [2.45, 2.75) is 16.8 Å². The highest BCUT2D eigenvalue weighted by Gasteiger charge is 2.16. The van der Waals surface area contributed by atoms with Crippen molar-refractivity contribution < 1.29 is 4.79 Å². The highest BCUT2D eigenvalue weighted by Crippen LogP contribution is 2.23. The Balaban J connectivity index is 1.52. The predicted octanol–water partition coefficient (Wildman–Crippen LogP) is 4.86. The van der Waals surface area contributed by atoms with Crippen LogP contribution in [0.15, 0.2) is 71.2 Å². The molecule has 28 heavy (non-hydrogen) atoms. The SMILES string of the molecule is CN(C)C(CNC(=O)Nc1cccc(CSc2ccccn2)c1)c1cccs1. The van der Waals surface area contributed by atoms with Crippen LogP contribution in [0.25, 0.3) is 0 Å². The van der Waals surface area contributed by atoms with Gasteiger partial charge in [-0.15, -0.1) is 23.1 Å². The van der Waals surface area contributed by atoms with Crippen molar-refractivity contribution in [1.82, 2.24) is 15.2 Å². The number of nitrogens with zero attached hydrogens (tertiary/aromatic N) is 2. The van der Waals surface area contributed by atoms with Crippen LogP contribution in [-0.4, -0.2) is 36.6 Å². The minimum Gasteiger partial charge on any atom is -0.336 e. The first-order chi connectivity index (χ1) is 13.6. The van der Waals surface area contributed by atoms with E-state index in [0.717, 1.165) is 22.0 Å². The van der Waals surface area contributed by atoms with Crippen LogP contribution in [0.3, 0.4) is 0 Å². The number of anilines is 1. The number of nitrogens with one attached hydrogen (secondary N) is 2. The number of hydrogen-bond acceptors (Lipinski definition) is 5. The molecule has 3 rings (SSSR count). The summed E-state index contributed by atoms with van der Waals surface area (Å²) >= 11 is 3.37. The number of urea groups is 1. The molecule has 0 saturated carbocycles. The van der Waals surface area contributed by atoms with Gasteiger partial charge in [0.1, 0.15) is 0 Å². The highest BCUT2D eigenvalue weighted by atomic mass is 32.2. The first kappa shape index (κ1) is 20.4. The average molecular weight is 413 g/mol. The van der Waals surface area contributed by atoms with E-state index in [4.69, 9.17) is 0 Å². The molecule has 1 aromatic carbocycles. The molecule has 2 N–H and O–H groups in total. The fourth-order valence-electron chi connectivity index (χ4n) is 2.71. The van der Waals surface area contributed by atoms with E-state index in [1.807, 2.05) is 56.6 Å². The van der Waals surface area contributed by atoms with E-state index in [-0.39, 0.29) is 12.1 Å². The van der Waals surface area contributed by atoms with Crippen molar-refractivity contribution in [3.05, 3.63) is 76.6 Å². The van der Waals surface area contributed by atoms with Crippen molar-refractivity contribution in [2.75, 3.05) is 26.0 Å². The summed E-state index contributed by atoms with van der Waals surface area (Å²) in [7, 11) is 4.04. The van der Waals surface area contributed by atoms with Gasteiger partial charge in [0, 0.05) is 29.1 Å². The fraction of sp³-hybridized carbons (Fsp3) is 0.238. The number of hydrogen-bond donors (Lipinski definition) is 2. The predicted molar refractivity (Wildman–Crippen MR) is 118 cm³/mol. The molecule has 1 unspecified atom stereocenters. The maximum atomic E-state index is 12.3. The Morgan fingerprint density at radius 2 is 2.07 bits per heavy atom.